The van der Waals surface area contributed by atoms with Crippen LogP contribution in [0.5, 0.6) is 5.75 Å². The summed E-state index contributed by atoms with van der Waals surface area (Å²) in [5, 5.41) is 9.20. The average Bonchev–Trinajstić information content (AvgIpc) is 2.08. The number of phenolic OH excluding ortho intramolecular Hbond substituents is 1. The highest BCUT2D eigenvalue weighted by Crippen LogP contribution is 2.24. The fraction of sp³-hybridized carbons (Fsp3) is 0.125. The standard InChI is InChI=1S/C8H6BrClO2/c9-6-2-1-5(3-7(6)11)8(12)4-10/h1-3,11H,4H2. The summed E-state index contributed by atoms with van der Waals surface area (Å²) in [4.78, 5) is 11.0. The smallest absolute Gasteiger partial charge is 0.177 e. The minimum absolute atomic E-state index is 0.0472. The van der Waals surface area contributed by atoms with Gasteiger partial charge >= 0.3 is 0 Å². The third-order valence-electron chi connectivity index (χ3n) is 1.39. The molecule has 1 aromatic carbocycles. The Bertz CT molecular complexity index is 312. The normalized spacial score (nSPS) is 9.83. The number of hydrogen-bond acceptors (Lipinski definition) is 2. The van der Waals surface area contributed by atoms with Gasteiger partial charge in [-0.15, -0.1) is 11.6 Å². The summed E-state index contributed by atoms with van der Waals surface area (Å²) in [7, 11) is 0. The van der Waals surface area contributed by atoms with Gasteiger partial charge in [-0.05, 0) is 34.1 Å². The Hall–Kier alpha value is -0.540. The molecule has 12 heavy (non-hydrogen) atoms. The molecule has 0 bridgehead atoms. The van der Waals surface area contributed by atoms with Crippen molar-refractivity contribution in [1.82, 2.24) is 0 Å². The van der Waals surface area contributed by atoms with E-state index in [-0.39, 0.29) is 17.4 Å². The van der Waals surface area contributed by atoms with Crippen molar-refractivity contribution >= 4 is 33.3 Å². The van der Waals surface area contributed by atoms with E-state index >= 15 is 0 Å². The molecular weight excluding hydrogens is 243 g/mol. The molecule has 0 aliphatic rings. The van der Waals surface area contributed by atoms with Crippen LogP contribution in [-0.2, 0) is 0 Å². The minimum atomic E-state index is -0.195. The summed E-state index contributed by atoms with van der Waals surface area (Å²) in [6.07, 6.45) is 0. The molecule has 0 unspecified atom stereocenters. The molecule has 0 aliphatic heterocycles. The Labute approximate surface area is 83.3 Å². The third kappa shape index (κ3) is 1.99. The van der Waals surface area contributed by atoms with Crippen LogP contribution in [0.1, 0.15) is 10.4 Å². The lowest BCUT2D eigenvalue weighted by atomic mass is 10.1. The van der Waals surface area contributed by atoms with Gasteiger partial charge in [-0.2, -0.15) is 0 Å². The maximum atomic E-state index is 11.0. The number of phenols is 1. The SMILES string of the molecule is O=C(CCl)c1ccc(Br)c(O)c1. The Morgan fingerprint density at radius 1 is 1.58 bits per heavy atom. The highest BCUT2D eigenvalue weighted by atomic mass is 79.9. The van der Waals surface area contributed by atoms with Crippen LogP contribution in [0.3, 0.4) is 0 Å². The summed E-state index contributed by atoms with van der Waals surface area (Å²) in [6.45, 7) is 0. The zero-order chi connectivity index (χ0) is 9.14. The van der Waals surface area contributed by atoms with Crippen LogP contribution in [0.2, 0.25) is 0 Å². The van der Waals surface area contributed by atoms with Gasteiger partial charge in [-0.25, -0.2) is 0 Å². The first kappa shape index (κ1) is 9.55. The molecule has 0 saturated heterocycles. The summed E-state index contributed by atoms with van der Waals surface area (Å²) < 4.78 is 0.564. The summed E-state index contributed by atoms with van der Waals surface area (Å²) in [6, 6.07) is 4.60. The van der Waals surface area contributed by atoms with Crippen LogP contribution < -0.4 is 0 Å². The lowest BCUT2D eigenvalue weighted by molar-refractivity contribution is 0.102. The lowest BCUT2D eigenvalue weighted by Gasteiger charge is -1.99. The molecule has 1 rings (SSSR count). The number of carbonyl (C=O) groups excluding carboxylic acids is 1. The summed E-state index contributed by atoms with van der Waals surface area (Å²) in [5.74, 6) is -0.216. The number of ketones is 1. The molecule has 1 aromatic rings. The number of aromatic hydroxyl groups is 1. The fourth-order valence-corrected chi connectivity index (χ4v) is 1.16. The second-order valence-electron chi connectivity index (χ2n) is 2.22. The van der Waals surface area contributed by atoms with Gasteiger partial charge in [0.25, 0.3) is 0 Å². The van der Waals surface area contributed by atoms with Crippen molar-refractivity contribution in [3.05, 3.63) is 28.2 Å². The summed E-state index contributed by atoms with van der Waals surface area (Å²) >= 11 is 8.44. The number of halogens is 2. The molecule has 0 radical (unpaired) electrons. The first-order valence-electron chi connectivity index (χ1n) is 3.23. The van der Waals surface area contributed by atoms with E-state index in [1.54, 1.807) is 12.1 Å². The van der Waals surface area contributed by atoms with Crippen molar-refractivity contribution in [2.24, 2.45) is 0 Å². The number of hydrogen-bond donors (Lipinski definition) is 1. The van der Waals surface area contributed by atoms with Crippen molar-refractivity contribution in [2.75, 3.05) is 5.88 Å². The van der Waals surface area contributed by atoms with Crippen molar-refractivity contribution in [3.63, 3.8) is 0 Å². The van der Waals surface area contributed by atoms with Gasteiger partial charge in [0.15, 0.2) is 5.78 Å². The maximum absolute atomic E-state index is 11.0. The van der Waals surface area contributed by atoms with E-state index in [2.05, 4.69) is 15.9 Å². The van der Waals surface area contributed by atoms with E-state index in [0.29, 0.717) is 10.0 Å². The quantitative estimate of drug-likeness (QED) is 0.646. The number of benzene rings is 1. The van der Waals surface area contributed by atoms with E-state index in [9.17, 15) is 9.90 Å². The van der Waals surface area contributed by atoms with Gasteiger partial charge in [-0.3, -0.25) is 4.79 Å². The number of Topliss-reactive ketones (excluding diaryl/α,β-unsaturated/α-hetero) is 1. The van der Waals surface area contributed by atoms with E-state index < -0.39 is 0 Å². The fourth-order valence-electron chi connectivity index (χ4n) is 0.763. The second-order valence-corrected chi connectivity index (χ2v) is 3.34. The lowest BCUT2D eigenvalue weighted by Crippen LogP contribution is -1.99. The van der Waals surface area contributed by atoms with Gasteiger partial charge in [0.05, 0.1) is 10.4 Å². The molecule has 0 atom stereocenters. The van der Waals surface area contributed by atoms with Crippen molar-refractivity contribution < 1.29 is 9.90 Å². The van der Waals surface area contributed by atoms with Gasteiger partial charge in [0.1, 0.15) is 5.75 Å². The van der Waals surface area contributed by atoms with E-state index in [1.807, 2.05) is 0 Å². The maximum Gasteiger partial charge on any atom is 0.177 e. The minimum Gasteiger partial charge on any atom is -0.507 e. The summed E-state index contributed by atoms with van der Waals surface area (Å²) in [5.41, 5.74) is 0.422. The number of rotatable bonds is 2. The molecular formula is C8H6BrClO2. The second kappa shape index (κ2) is 3.92. The first-order chi connectivity index (χ1) is 5.65. The predicted molar refractivity (Wildman–Crippen MR) is 50.9 cm³/mol. The van der Waals surface area contributed by atoms with Gasteiger partial charge < -0.3 is 5.11 Å². The Morgan fingerprint density at radius 2 is 2.25 bits per heavy atom. The highest BCUT2D eigenvalue weighted by Gasteiger charge is 2.06. The van der Waals surface area contributed by atoms with Crippen LogP contribution in [0.25, 0.3) is 0 Å². The molecule has 0 amide bonds. The van der Waals surface area contributed by atoms with Crippen LogP contribution in [0.4, 0.5) is 0 Å². The zero-order valence-corrected chi connectivity index (χ0v) is 8.39. The Morgan fingerprint density at radius 3 is 2.75 bits per heavy atom. The number of carbonyl (C=O) groups is 1. The molecule has 0 saturated carbocycles. The molecule has 1 N–H and O–H groups in total. The molecule has 64 valence electrons. The van der Waals surface area contributed by atoms with Crippen molar-refractivity contribution in [2.45, 2.75) is 0 Å². The molecule has 0 aromatic heterocycles. The van der Waals surface area contributed by atoms with Gasteiger partial charge in [0, 0.05) is 5.56 Å². The largest absolute Gasteiger partial charge is 0.507 e. The van der Waals surface area contributed by atoms with Gasteiger partial charge in [0.2, 0.25) is 0 Å². The van der Waals surface area contributed by atoms with Crippen molar-refractivity contribution in [1.29, 1.82) is 0 Å². The third-order valence-corrected chi connectivity index (χ3v) is 2.30. The molecule has 0 aliphatic carbocycles. The van der Waals surface area contributed by atoms with Crippen molar-refractivity contribution in [3.8, 4) is 5.75 Å². The van der Waals surface area contributed by atoms with Crippen LogP contribution >= 0.6 is 27.5 Å². The molecule has 0 heterocycles. The molecule has 4 heteroatoms. The average molecular weight is 249 g/mol. The van der Waals surface area contributed by atoms with Crippen LogP contribution in [-0.4, -0.2) is 16.8 Å². The first-order valence-corrected chi connectivity index (χ1v) is 4.55. The molecule has 0 spiro atoms. The van der Waals surface area contributed by atoms with E-state index in [1.165, 1.54) is 6.07 Å². The highest BCUT2D eigenvalue weighted by molar-refractivity contribution is 9.10. The molecule has 0 fully saturated rings. The van der Waals surface area contributed by atoms with Crippen LogP contribution in [0.15, 0.2) is 22.7 Å². The van der Waals surface area contributed by atoms with Gasteiger partial charge in [-0.1, -0.05) is 0 Å². The predicted octanol–water partition coefficient (Wildman–Crippen LogP) is 2.58. The van der Waals surface area contributed by atoms with E-state index in [0.717, 1.165) is 0 Å². The Kier molecular flexibility index (Phi) is 3.12. The van der Waals surface area contributed by atoms with E-state index in [4.69, 9.17) is 11.6 Å². The number of alkyl halides is 1. The Balaban J connectivity index is 3.05. The van der Waals surface area contributed by atoms with Crippen LogP contribution in [0, 0.1) is 0 Å². The molecule has 2 nitrogen and oxygen atoms in total. The monoisotopic (exact) mass is 248 g/mol. The zero-order valence-electron chi connectivity index (χ0n) is 6.05. The topological polar surface area (TPSA) is 37.3 Å².